The summed E-state index contributed by atoms with van der Waals surface area (Å²) in [4.78, 5) is 14.8. The number of benzene rings is 1. The fourth-order valence-corrected chi connectivity index (χ4v) is 4.36. The Morgan fingerprint density at radius 1 is 1.24 bits per heavy atom. The summed E-state index contributed by atoms with van der Waals surface area (Å²) in [6.07, 6.45) is 4.81. The molecule has 1 aliphatic heterocycles. The third-order valence-corrected chi connectivity index (χ3v) is 6.37. The first-order valence-electron chi connectivity index (χ1n) is 8.65. The van der Waals surface area contributed by atoms with Crippen LogP contribution in [0.5, 0.6) is 0 Å². The zero-order valence-corrected chi connectivity index (χ0v) is 15.5. The number of pyridine rings is 1. The van der Waals surface area contributed by atoms with Crippen molar-refractivity contribution in [2.45, 2.75) is 25.8 Å². The molecular formula is C18H25N3O3S. The van der Waals surface area contributed by atoms with E-state index in [1.54, 1.807) is 10.5 Å². The monoisotopic (exact) mass is 363 g/mol. The van der Waals surface area contributed by atoms with Crippen LogP contribution in [0.4, 0.5) is 0 Å². The number of fused-ring (bicyclic) bond motifs is 1. The molecule has 0 radical (unpaired) electrons. The molecule has 1 aromatic heterocycles. The summed E-state index contributed by atoms with van der Waals surface area (Å²) < 4.78 is 24.7. The molecule has 0 aliphatic carbocycles. The first-order valence-corrected chi connectivity index (χ1v) is 10.5. The summed E-state index contributed by atoms with van der Waals surface area (Å²) in [5.74, 6) is 0.467. The minimum atomic E-state index is -3.07. The second-order valence-electron chi connectivity index (χ2n) is 6.85. The quantitative estimate of drug-likeness (QED) is 0.849. The number of H-pyrrole nitrogens is 1. The molecule has 3 rings (SSSR count). The van der Waals surface area contributed by atoms with Crippen LogP contribution in [-0.4, -0.2) is 43.6 Å². The maximum atomic E-state index is 11.9. The van der Waals surface area contributed by atoms with Crippen LogP contribution in [0.25, 0.3) is 10.8 Å². The first kappa shape index (κ1) is 18.1. The number of aromatic nitrogens is 1. The van der Waals surface area contributed by atoms with Gasteiger partial charge in [0, 0.05) is 30.7 Å². The Morgan fingerprint density at radius 2 is 1.88 bits per heavy atom. The molecule has 136 valence electrons. The zero-order valence-electron chi connectivity index (χ0n) is 14.7. The van der Waals surface area contributed by atoms with Crippen molar-refractivity contribution in [3.63, 3.8) is 0 Å². The molecule has 6 nitrogen and oxygen atoms in total. The predicted molar refractivity (Wildman–Crippen MR) is 100 cm³/mol. The molecule has 1 atom stereocenters. The fourth-order valence-electron chi connectivity index (χ4n) is 3.49. The Bertz CT molecular complexity index is 899. The molecule has 2 heterocycles. The summed E-state index contributed by atoms with van der Waals surface area (Å²) in [6, 6.07) is 7.73. The summed E-state index contributed by atoms with van der Waals surface area (Å²) in [5, 5.41) is 5.22. The van der Waals surface area contributed by atoms with Gasteiger partial charge in [-0.25, -0.2) is 12.7 Å². The highest BCUT2D eigenvalue weighted by Crippen LogP contribution is 2.23. The van der Waals surface area contributed by atoms with Crippen molar-refractivity contribution >= 4 is 20.8 Å². The molecule has 1 fully saturated rings. The molecular weight excluding hydrogens is 338 g/mol. The highest BCUT2D eigenvalue weighted by Gasteiger charge is 2.25. The normalized spacial score (nSPS) is 18.5. The number of aromatic amines is 1. The molecule has 1 unspecified atom stereocenters. The van der Waals surface area contributed by atoms with Gasteiger partial charge in [0.05, 0.1) is 6.26 Å². The Hall–Kier alpha value is -1.70. The summed E-state index contributed by atoms with van der Waals surface area (Å²) >= 11 is 0. The molecule has 0 bridgehead atoms. The van der Waals surface area contributed by atoms with Gasteiger partial charge in [0.15, 0.2) is 0 Å². The molecule has 25 heavy (non-hydrogen) atoms. The molecule has 0 spiro atoms. The van der Waals surface area contributed by atoms with E-state index in [2.05, 4.69) is 17.2 Å². The van der Waals surface area contributed by atoms with E-state index < -0.39 is 10.0 Å². The zero-order chi connectivity index (χ0) is 18.0. The SMILES string of the molecule is CC(NCC1CCN(S(C)(=O)=O)CC1)c1c[nH]c(=O)c2ccccc12. The van der Waals surface area contributed by atoms with E-state index in [-0.39, 0.29) is 11.6 Å². The highest BCUT2D eigenvalue weighted by molar-refractivity contribution is 7.88. The number of nitrogens with zero attached hydrogens (tertiary/aromatic N) is 1. The third kappa shape index (κ3) is 4.11. The van der Waals surface area contributed by atoms with Crippen LogP contribution >= 0.6 is 0 Å². The van der Waals surface area contributed by atoms with Crippen molar-refractivity contribution in [3.05, 3.63) is 46.4 Å². The highest BCUT2D eigenvalue weighted by atomic mass is 32.2. The van der Waals surface area contributed by atoms with Gasteiger partial charge in [-0.15, -0.1) is 0 Å². The molecule has 0 amide bonds. The smallest absolute Gasteiger partial charge is 0.255 e. The second kappa shape index (κ2) is 7.27. The number of sulfonamides is 1. The van der Waals surface area contributed by atoms with Gasteiger partial charge >= 0.3 is 0 Å². The lowest BCUT2D eigenvalue weighted by molar-refractivity contribution is 0.264. The standard InChI is InChI=1S/C18H25N3O3S/c1-13(17-12-20-18(22)16-6-4-3-5-15(16)17)19-11-14-7-9-21(10-8-14)25(2,23)24/h3-6,12-14,19H,7-11H2,1-2H3,(H,20,22). The number of nitrogens with one attached hydrogen (secondary N) is 2. The summed E-state index contributed by atoms with van der Waals surface area (Å²) in [6.45, 7) is 4.13. The molecule has 1 saturated heterocycles. The minimum absolute atomic E-state index is 0.0697. The number of piperidine rings is 1. The maximum Gasteiger partial charge on any atom is 0.255 e. The average Bonchev–Trinajstić information content (AvgIpc) is 2.60. The maximum absolute atomic E-state index is 11.9. The van der Waals surface area contributed by atoms with E-state index in [1.807, 2.05) is 24.3 Å². The van der Waals surface area contributed by atoms with Crippen molar-refractivity contribution in [2.75, 3.05) is 25.9 Å². The number of hydrogen-bond acceptors (Lipinski definition) is 4. The number of hydrogen-bond donors (Lipinski definition) is 2. The topological polar surface area (TPSA) is 82.3 Å². The van der Waals surface area contributed by atoms with Crippen LogP contribution in [-0.2, 0) is 10.0 Å². The van der Waals surface area contributed by atoms with Gasteiger partial charge in [0.2, 0.25) is 10.0 Å². The van der Waals surface area contributed by atoms with Crippen LogP contribution in [0, 0.1) is 5.92 Å². The largest absolute Gasteiger partial charge is 0.328 e. The van der Waals surface area contributed by atoms with E-state index in [4.69, 9.17) is 0 Å². The molecule has 2 N–H and O–H groups in total. The van der Waals surface area contributed by atoms with Crippen molar-refractivity contribution in [3.8, 4) is 0 Å². The van der Waals surface area contributed by atoms with E-state index >= 15 is 0 Å². The van der Waals surface area contributed by atoms with Gasteiger partial charge in [0.1, 0.15) is 0 Å². The van der Waals surface area contributed by atoms with Crippen molar-refractivity contribution in [2.24, 2.45) is 5.92 Å². The Labute approximate surface area is 148 Å². The summed E-state index contributed by atoms with van der Waals surface area (Å²) in [7, 11) is -3.07. The van der Waals surface area contributed by atoms with E-state index in [0.717, 1.165) is 30.3 Å². The van der Waals surface area contributed by atoms with Gasteiger partial charge in [-0.3, -0.25) is 4.79 Å². The molecule has 0 saturated carbocycles. The molecule has 1 aliphatic rings. The molecule has 7 heteroatoms. The van der Waals surface area contributed by atoms with Crippen LogP contribution in [0.2, 0.25) is 0 Å². The van der Waals surface area contributed by atoms with Crippen molar-refractivity contribution < 1.29 is 8.42 Å². The second-order valence-corrected chi connectivity index (χ2v) is 8.84. The van der Waals surface area contributed by atoms with E-state index in [1.165, 1.54) is 6.26 Å². The van der Waals surface area contributed by atoms with Gasteiger partial charge < -0.3 is 10.3 Å². The Balaban J connectivity index is 1.64. The fraction of sp³-hybridized carbons (Fsp3) is 0.500. The van der Waals surface area contributed by atoms with Crippen molar-refractivity contribution in [1.29, 1.82) is 0 Å². The van der Waals surface area contributed by atoms with Gasteiger partial charge in [-0.1, -0.05) is 18.2 Å². The molecule has 1 aromatic carbocycles. The van der Waals surface area contributed by atoms with Crippen LogP contribution in [0.1, 0.15) is 31.4 Å². The molecule has 2 aromatic rings. The Kier molecular flexibility index (Phi) is 5.27. The lowest BCUT2D eigenvalue weighted by Gasteiger charge is -2.31. The van der Waals surface area contributed by atoms with Gasteiger partial charge in [-0.2, -0.15) is 0 Å². The van der Waals surface area contributed by atoms with E-state index in [9.17, 15) is 13.2 Å². The third-order valence-electron chi connectivity index (χ3n) is 5.06. The Morgan fingerprint density at radius 3 is 2.52 bits per heavy atom. The predicted octanol–water partition coefficient (Wildman–Crippen LogP) is 1.85. The average molecular weight is 363 g/mol. The lowest BCUT2D eigenvalue weighted by Crippen LogP contribution is -2.40. The van der Waals surface area contributed by atoms with Gasteiger partial charge in [-0.05, 0) is 49.2 Å². The van der Waals surface area contributed by atoms with Gasteiger partial charge in [0.25, 0.3) is 5.56 Å². The van der Waals surface area contributed by atoms with Crippen LogP contribution < -0.4 is 10.9 Å². The van der Waals surface area contributed by atoms with Crippen molar-refractivity contribution in [1.82, 2.24) is 14.6 Å². The minimum Gasteiger partial charge on any atom is -0.328 e. The van der Waals surface area contributed by atoms with Crippen LogP contribution in [0.15, 0.2) is 35.3 Å². The number of rotatable bonds is 5. The van der Waals surface area contributed by atoms with Crippen LogP contribution in [0.3, 0.4) is 0 Å². The lowest BCUT2D eigenvalue weighted by atomic mass is 9.97. The van der Waals surface area contributed by atoms with E-state index in [0.29, 0.717) is 24.4 Å². The first-order chi connectivity index (χ1) is 11.9. The summed E-state index contributed by atoms with van der Waals surface area (Å²) in [5.41, 5.74) is 1.00.